The monoisotopic (exact) mass is 418 g/mol. The van der Waals surface area contributed by atoms with Gasteiger partial charge in [0, 0.05) is 31.1 Å². The Kier molecular flexibility index (Phi) is 5.91. The highest BCUT2D eigenvalue weighted by atomic mass is 32.1. The van der Waals surface area contributed by atoms with Crippen LogP contribution in [0.2, 0.25) is 0 Å². The van der Waals surface area contributed by atoms with Crippen molar-refractivity contribution in [3.05, 3.63) is 56.1 Å². The zero-order valence-corrected chi connectivity index (χ0v) is 17.0. The minimum Gasteiger partial charge on any atom is -0.503 e. The zero-order chi connectivity index (χ0) is 19.5. The predicted molar refractivity (Wildman–Crippen MR) is 109 cm³/mol. The van der Waals surface area contributed by atoms with E-state index in [1.54, 1.807) is 17.0 Å². The Labute approximate surface area is 171 Å². The molecule has 0 radical (unpaired) electrons. The molecular weight excluding hydrogens is 396 g/mol. The second-order valence-electron chi connectivity index (χ2n) is 6.79. The molecule has 4 heterocycles. The van der Waals surface area contributed by atoms with Crippen molar-refractivity contribution in [1.82, 2.24) is 9.80 Å². The molecule has 8 heteroatoms. The quantitative estimate of drug-likeness (QED) is 0.700. The van der Waals surface area contributed by atoms with Crippen molar-refractivity contribution in [2.45, 2.75) is 12.5 Å². The van der Waals surface area contributed by atoms with Crippen LogP contribution in [-0.4, -0.2) is 66.0 Å². The molecule has 0 saturated carbocycles. The van der Waals surface area contributed by atoms with Crippen molar-refractivity contribution in [3.8, 4) is 0 Å². The number of carbonyl (C=O) groups excluding carboxylic acids is 2. The van der Waals surface area contributed by atoms with Gasteiger partial charge in [-0.15, -0.1) is 22.7 Å². The van der Waals surface area contributed by atoms with Crippen molar-refractivity contribution in [1.29, 1.82) is 0 Å². The first-order chi connectivity index (χ1) is 13.7. The topological polar surface area (TPSA) is 70.1 Å². The highest BCUT2D eigenvalue weighted by molar-refractivity contribution is 7.12. The van der Waals surface area contributed by atoms with Crippen LogP contribution in [0.1, 0.15) is 27.0 Å². The molecule has 1 unspecified atom stereocenters. The van der Waals surface area contributed by atoms with Gasteiger partial charge in [0.2, 0.25) is 5.78 Å². The molecule has 0 aromatic carbocycles. The Morgan fingerprint density at radius 2 is 1.89 bits per heavy atom. The fourth-order valence-electron chi connectivity index (χ4n) is 3.69. The molecule has 0 spiro atoms. The van der Waals surface area contributed by atoms with E-state index >= 15 is 0 Å². The normalized spacial score (nSPS) is 20.9. The van der Waals surface area contributed by atoms with Crippen LogP contribution in [0.3, 0.4) is 0 Å². The predicted octanol–water partition coefficient (Wildman–Crippen LogP) is 3.11. The van der Waals surface area contributed by atoms with Gasteiger partial charge in [-0.3, -0.25) is 14.5 Å². The molecule has 1 N–H and O–H groups in total. The van der Waals surface area contributed by atoms with E-state index in [9.17, 15) is 14.7 Å². The average molecular weight is 419 g/mol. The number of hydrogen-bond donors (Lipinski definition) is 1. The second kappa shape index (κ2) is 8.57. The summed E-state index contributed by atoms with van der Waals surface area (Å²) in [7, 11) is 0. The number of ether oxygens (including phenoxy) is 1. The van der Waals surface area contributed by atoms with Gasteiger partial charge in [-0.2, -0.15) is 0 Å². The number of rotatable bonds is 7. The lowest BCUT2D eigenvalue weighted by atomic mass is 10.0. The number of carbonyl (C=O) groups is 2. The number of ketones is 1. The lowest BCUT2D eigenvalue weighted by Gasteiger charge is -2.29. The third kappa shape index (κ3) is 3.77. The van der Waals surface area contributed by atoms with Gasteiger partial charge in [-0.1, -0.05) is 12.1 Å². The number of hydrogen-bond acceptors (Lipinski definition) is 7. The number of nitrogens with zero attached hydrogens (tertiary/aromatic N) is 2. The number of Topliss-reactive ketones (excluding diaryl/α,β-unsaturated/α-hetero) is 1. The summed E-state index contributed by atoms with van der Waals surface area (Å²) in [6, 6.07) is 6.82. The number of aliphatic hydroxyl groups is 1. The summed E-state index contributed by atoms with van der Waals surface area (Å²) < 4.78 is 5.37. The highest BCUT2D eigenvalue weighted by Crippen LogP contribution is 2.41. The van der Waals surface area contributed by atoms with Crippen LogP contribution >= 0.6 is 22.7 Å². The van der Waals surface area contributed by atoms with Crippen LogP contribution in [0.25, 0.3) is 0 Å². The van der Waals surface area contributed by atoms with E-state index in [1.807, 2.05) is 22.9 Å². The van der Waals surface area contributed by atoms with E-state index in [1.165, 1.54) is 22.7 Å². The molecule has 0 bridgehead atoms. The van der Waals surface area contributed by atoms with Gasteiger partial charge in [-0.25, -0.2) is 0 Å². The largest absolute Gasteiger partial charge is 0.503 e. The van der Waals surface area contributed by atoms with Crippen molar-refractivity contribution in [3.63, 3.8) is 0 Å². The third-order valence-electron chi connectivity index (χ3n) is 5.08. The number of morpholine rings is 1. The van der Waals surface area contributed by atoms with Gasteiger partial charge in [0.1, 0.15) is 0 Å². The van der Waals surface area contributed by atoms with E-state index in [0.717, 1.165) is 44.1 Å². The van der Waals surface area contributed by atoms with E-state index in [2.05, 4.69) is 4.90 Å². The molecule has 1 amide bonds. The highest BCUT2D eigenvalue weighted by Gasteiger charge is 2.44. The van der Waals surface area contributed by atoms with Crippen LogP contribution in [0.4, 0.5) is 0 Å². The first-order valence-corrected chi connectivity index (χ1v) is 11.1. The van der Waals surface area contributed by atoms with Crippen LogP contribution in [0.15, 0.2) is 46.4 Å². The van der Waals surface area contributed by atoms with E-state index < -0.39 is 17.7 Å². The molecule has 2 aliphatic heterocycles. The summed E-state index contributed by atoms with van der Waals surface area (Å²) in [4.78, 5) is 31.2. The number of amides is 1. The van der Waals surface area contributed by atoms with E-state index in [-0.39, 0.29) is 11.4 Å². The standard InChI is InChI=1S/C20H22N2O4S2/c23-18(15-5-2-13-28-15)16-17(14-4-1-12-27-14)22(20(25)19(16)24)7-3-6-21-8-10-26-11-9-21/h1-2,4-5,12-13,17,24H,3,6-11H2. The van der Waals surface area contributed by atoms with Gasteiger partial charge >= 0.3 is 0 Å². The minimum absolute atomic E-state index is 0.196. The maximum Gasteiger partial charge on any atom is 0.290 e. The molecule has 6 nitrogen and oxygen atoms in total. The summed E-state index contributed by atoms with van der Waals surface area (Å²) in [6.45, 7) is 4.62. The molecule has 1 fully saturated rings. The molecule has 2 aliphatic rings. The Hall–Kier alpha value is -2.00. The fraction of sp³-hybridized carbons (Fsp3) is 0.400. The molecular formula is C20H22N2O4S2. The number of aliphatic hydroxyl groups excluding tert-OH is 1. The van der Waals surface area contributed by atoms with Gasteiger partial charge in [0.25, 0.3) is 5.91 Å². The maximum absolute atomic E-state index is 13.0. The smallest absolute Gasteiger partial charge is 0.290 e. The minimum atomic E-state index is -0.521. The zero-order valence-electron chi connectivity index (χ0n) is 15.4. The molecule has 1 saturated heterocycles. The summed E-state index contributed by atoms with van der Waals surface area (Å²) in [5.74, 6) is -1.14. The number of thiophene rings is 2. The Balaban J connectivity index is 1.54. The van der Waals surface area contributed by atoms with Crippen LogP contribution < -0.4 is 0 Å². The molecule has 0 aliphatic carbocycles. The van der Waals surface area contributed by atoms with Crippen molar-refractivity contribution < 1.29 is 19.4 Å². The maximum atomic E-state index is 13.0. The molecule has 4 rings (SSSR count). The van der Waals surface area contributed by atoms with E-state index in [4.69, 9.17) is 4.74 Å². The lowest BCUT2D eigenvalue weighted by molar-refractivity contribution is -0.129. The first-order valence-electron chi connectivity index (χ1n) is 9.32. The third-order valence-corrected chi connectivity index (χ3v) is 6.88. The summed E-state index contributed by atoms with van der Waals surface area (Å²) in [5, 5.41) is 14.3. The SMILES string of the molecule is O=C(C1=C(O)C(=O)N(CCCN2CCOCC2)C1c1cccs1)c1cccs1. The second-order valence-corrected chi connectivity index (χ2v) is 8.72. The van der Waals surface area contributed by atoms with Crippen molar-refractivity contribution >= 4 is 34.4 Å². The summed E-state index contributed by atoms with van der Waals surface area (Å²) in [6.07, 6.45) is 0.779. The fourth-order valence-corrected chi connectivity index (χ4v) is 5.21. The Morgan fingerprint density at radius 1 is 1.14 bits per heavy atom. The molecule has 28 heavy (non-hydrogen) atoms. The van der Waals surface area contributed by atoms with Crippen LogP contribution in [0.5, 0.6) is 0 Å². The molecule has 2 aromatic heterocycles. The van der Waals surface area contributed by atoms with Crippen LogP contribution in [-0.2, 0) is 9.53 Å². The Bertz CT molecular complexity index is 855. The van der Waals surface area contributed by atoms with Gasteiger partial charge in [0.05, 0.1) is 29.7 Å². The van der Waals surface area contributed by atoms with Crippen molar-refractivity contribution in [2.24, 2.45) is 0 Å². The van der Waals surface area contributed by atoms with Gasteiger partial charge in [-0.05, 0) is 29.3 Å². The summed E-state index contributed by atoms with van der Waals surface area (Å²) >= 11 is 2.81. The molecule has 148 valence electrons. The average Bonchev–Trinajstić information content (AvgIpc) is 3.46. The van der Waals surface area contributed by atoms with Crippen LogP contribution in [0, 0.1) is 0 Å². The van der Waals surface area contributed by atoms with Gasteiger partial charge in [0.15, 0.2) is 5.76 Å². The first kappa shape index (κ1) is 19.3. The van der Waals surface area contributed by atoms with Crippen molar-refractivity contribution in [2.75, 3.05) is 39.4 Å². The molecule has 1 atom stereocenters. The van der Waals surface area contributed by atoms with E-state index in [0.29, 0.717) is 11.4 Å². The Morgan fingerprint density at radius 3 is 2.57 bits per heavy atom. The lowest BCUT2D eigenvalue weighted by Crippen LogP contribution is -2.39. The van der Waals surface area contributed by atoms with Gasteiger partial charge < -0.3 is 14.7 Å². The molecule has 2 aromatic rings. The summed E-state index contributed by atoms with van der Waals surface area (Å²) in [5.41, 5.74) is 0.196.